The normalized spacial score (nSPS) is 24.3. The van der Waals surface area contributed by atoms with E-state index in [9.17, 15) is 28.0 Å². The first kappa shape index (κ1) is 40.2. The number of amides is 4. The number of anilines is 6. The molecule has 4 N–H and O–H groups in total. The number of ether oxygens (including phenoxy) is 1. The van der Waals surface area contributed by atoms with Gasteiger partial charge in [0.15, 0.2) is 5.82 Å². The van der Waals surface area contributed by atoms with Gasteiger partial charge in [-0.25, -0.2) is 9.99 Å². The number of hydrogen-bond acceptors (Lipinski definition) is 13. The van der Waals surface area contributed by atoms with E-state index in [-0.39, 0.29) is 41.2 Å². The summed E-state index contributed by atoms with van der Waals surface area (Å²) in [6.45, 7) is 9.28. The molecular weight excluding hydrogens is 765 g/mol. The van der Waals surface area contributed by atoms with Gasteiger partial charge in [-0.2, -0.15) is 13.8 Å². The molecule has 0 radical (unpaired) electrons. The van der Waals surface area contributed by atoms with Crippen LogP contribution in [0, 0.1) is 17.8 Å². The molecule has 2 aromatic carbocycles. The Labute approximate surface area is 341 Å². The van der Waals surface area contributed by atoms with Gasteiger partial charge in [0.05, 0.1) is 25.5 Å². The van der Waals surface area contributed by atoms with Crippen LogP contribution in [0.25, 0.3) is 0 Å². The van der Waals surface area contributed by atoms with Crippen molar-refractivity contribution in [3.05, 3.63) is 54.2 Å². The van der Waals surface area contributed by atoms with E-state index >= 15 is 0 Å². The Morgan fingerprint density at radius 3 is 2.44 bits per heavy atom. The smallest absolute Gasteiger partial charge is 0.342 e. The first-order valence-electron chi connectivity index (χ1n) is 20.3. The van der Waals surface area contributed by atoms with Gasteiger partial charge in [0.1, 0.15) is 17.5 Å². The molecule has 4 aliphatic heterocycles. The van der Waals surface area contributed by atoms with Gasteiger partial charge in [-0.15, -0.1) is 0 Å². The Hall–Kier alpha value is -5.62. The minimum absolute atomic E-state index is 0.120. The van der Waals surface area contributed by atoms with E-state index < -0.39 is 24.4 Å². The Kier molecular flexibility index (Phi) is 11.0. The molecule has 5 aliphatic rings. The van der Waals surface area contributed by atoms with Crippen molar-refractivity contribution in [2.75, 3.05) is 91.8 Å². The monoisotopic (exact) mass is 815 g/mol. The highest BCUT2D eigenvalue weighted by Crippen LogP contribution is 2.53. The van der Waals surface area contributed by atoms with Gasteiger partial charge < -0.3 is 30.1 Å². The number of aromatic nitrogens is 2. The van der Waals surface area contributed by atoms with Crippen LogP contribution in [0.2, 0.25) is 0 Å². The zero-order chi connectivity index (χ0) is 41.6. The number of hydrogen-bond donors (Lipinski definition) is 4. The number of fused-ring (bicyclic) bond motifs is 2. The molecule has 3 aromatic rings. The van der Waals surface area contributed by atoms with Crippen molar-refractivity contribution in [1.29, 1.82) is 0 Å². The zero-order valence-electron chi connectivity index (χ0n) is 33.7. The highest BCUT2D eigenvalue weighted by atomic mass is 19.3. The number of alkyl halides is 2. The summed E-state index contributed by atoms with van der Waals surface area (Å²) >= 11 is 0. The Morgan fingerprint density at radius 2 is 1.76 bits per heavy atom. The minimum Gasteiger partial charge on any atom is -0.495 e. The highest BCUT2D eigenvalue weighted by Gasteiger charge is 2.55. The summed E-state index contributed by atoms with van der Waals surface area (Å²) in [6.07, 6.45) is 3.33. The van der Waals surface area contributed by atoms with Gasteiger partial charge in [0.2, 0.25) is 17.8 Å². The third kappa shape index (κ3) is 8.46. The molecule has 5 heterocycles. The summed E-state index contributed by atoms with van der Waals surface area (Å²) in [5, 5.41) is 10.7. The number of nitrogens with zero attached hydrogens (tertiary/aromatic N) is 7. The van der Waals surface area contributed by atoms with Crippen LogP contribution in [0.1, 0.15) is 43.5 Å². The second-order valence-electron chi connectivity index (χ2n) is 16.4. The Morgan fingerprint density at radius 1 is 1.03 bits per heavy atom. The quantitative estimate of drug-likeness (QED) is 0.197. The molecule has 8 rings (SSSR count). The molecular formula is C41H51F2N11O5. The summed E-state index contributed by atoms with van der Waals surface area (Å²) in [7, 11) is 2.77. The lowest BCUT2D eigenvalue weighted by Gasteiger charge is -2.36. The van der Waals surface area contributed by atoms with Crippen LogP contribution >= 0.6 is 0 Å². The lowest BCUT2D eigenvalue weighted by atomic mass is 10.1. The van der Waals surface area contributed by atoms with E-state index in [4.69, 9.17) is 4.74 Å². The molecule has 16 nitrogen and oxygen atoms in total. The van der Waals surface area contributed by atoms with Gasteiger partial charge in [0.25, 0.3) is 11.8 Å². The summed E-state index contributed by atoms with van der Waals surface area (Å²) in [5.41, 5.74) is 6.15. The predicted molar refractivity (Wildman–Crippen MR) is 218 cm³/mol. The number of nitrogens with one attached hydrogen (secondary N) is 4. The zero-order valence-corrected chi connectivity index (χ0v) is 33.7. The molecule has 1 aromatic heterocycles. The Bertz CT molecular complexity index is 2090. The van der Waals surface area contributed by atoms with E-state index in [1.165, 1.54) is 25.3 Å². The number of carbonyl (C=O) groups is 4. The molecule has 1 aliphatic carbocycles. The van der Waals surface area contributed by atoms with E-state index in [0.29, 0.717) is 47.6 Å². The Balaban J connectivity index is 0.781. The molecule has 4 amide bonds. The van der Waals surface area contributed by atoms with Gasteiger partial charge >= 0.3 is 5.92 Å². The van der Waals surface area contributed by atoms with Crippen LogP contribution in [-0.2, 0) is 14.4 Å². The summed E-state index contributed by atoms with van der Waals surface area (Å²) in [5.74, 6) is -3.15. The number of piperidine rings is 2. The molecule has 314 valence electrons. The van der Waals surface area contributed by atoms with E-state index in [2.05, 4.69) is 53.3 Å². The summed E-state index contributed by atoms with van der Waals surface area (Å²) in [4.78, 5) is 65.4. The maximum atomic E-state index is 14.7. The first-order chi connectivity index (χ1) is 28.3. The lowest BCUT2D eigenvalue weighted by Crippen LogP contribution is -2.47. The molecule has 0 spiro atoms. The van der Waals surface area contributed by atoms with Crippen LogP contribution in [0.3, 0.4) is 0 Å². The van der Waals surface area contributed by atoms with Gasteiger partial charge in [-0.1, -0.05) is 0 Å². The number of carbonyl (C=O) groups excluding carboxylic acids is 4. The number of rotatable bonds is 12. The summed E-state index contributed by atoms with van der Waals surface area (Å²) < 4.78 is 35.1. The van der Waals surface area contributed by atoms with E-state index in [1.54, 1.807) is 32.0 Å². The molecule has 1 saturated carbocycles. The lowest BCUT2D eigenvalue weighted by molar-refractivity contribution is -0.140. The number of imide groups is 1. The fraction of sp³-hybridized carbons (Fsp3) is 0.512. The van der Waals surface area contributed by atoms with Crippen molar-refractivity contribution in [2.24, 2.45) is 17.8 Å². The summed E-state index contributed by atoms with van der Waals surface area (Å²) in [6, 6.07) is 12.4. The second kappa shape index (κ2) is 16.2. The first-order valence-corrected chi connectivity index (χ1v) is 20.3. The third-order valence-electron chi connectivity index (χ3n) is 12.3. The second-order valence-corrected chi connectivity index (χ2v) is 16.4. The van der Waals surface area contributed by atoms with Crippen molar-refractivity contribution in [1.82, 2.24) is 30.6 Å². The maximum Gasteiger partial charge on any atom is 0.342 e. The number of benzene rings is 2. The van der Waals surface area contributed by atoms with Crippen molar-refractivity contribution >= 4 is 58.1 Å². The van der Waals surface area contributed by atoms with E-state index in [1.807, 2.05) is 17.1 Å². The molecule has 0 bridgehead atoms. The van der Waals surface area contributed by atoms with Crippen LogP contribution in [-0.4, -0.2) is 128 Å². The van der Waals surface area contributed by atoms with Crippen molar-refractivity contribution in [3.63, 3.8) is 0 Å². The van der Waals surface area contributed by atoms with Crippen LogP contribution in [0.15, 0.2) is 48.7 Å². The largest absolute Gasteiger partial charge is 0.495 e. The average Bonchev–Trinajstić information content (AvgIpc) is 3.71. The van der Waals surface area contributed by atoms with E-state index in [0.717, 1.165) is 68.5 Å². The number of methoxy groups -OCH3 is 1. The average molecular weight is 816 g/mol. The fourth-order valence-electron chi connectivity index (χ4n) is 8.81. The maximum absolute atomic E-state index is 14.7. The third-order valence-corrected chi connectivity index (χ3v) is 12.3. The minimum atomic E-state index is -3.59. The predicted octanol–water partition coefficient (Wildman–Crippen LogP) is 3.31. The fourth-order valence-corrected chi connectivity index (χ4v) is 8.81. The van der Waals surface area contributed by atoms with Gasteiger partial charge in [-0.3, -0.25) is 34.8 Å². The SMILES string of the molecule is COc1cc(C(=O)NN2C[C@@H]3C(CCN4CCN(c5ccc(NC6CCC(=O)NC6=O)cc5)CC4)[C@@H]3C2)ccc1Nc1ncc2c(n1)N(C(C)C)CC(F)(F)C(=O)N2C. The molecule has 2 unspecified atom stereocenters. The number of piperazine rings is 1. The molecule has 59 heavy (non-hydrogen) atoms. The topological polar surface area (TPSA) is 168 Å². The van der Waals surface area contributed by atoms with Crippen LogP contribution < -0.4 is 40.8 Å². The number of halogens is 2. The number of hydrazine groups is 1. The molecule has 4 fully saturated rings. The van der Waals surface area contributed by atoms with Crippen molar-refractivity contribution in [2.45, 2.75) is 51.1 Å². The van der Waals surface area contributed by atoms with Crippen molar-refractivity contribution in [3.8, 4) is 5.75 Å². The van der Waals surface area contributed by atoms with Crippen LogP contribution in [0.5, 0.6) is 5.75 Å². The molecule has 4 atom stereocenters. The van der Waals surface area contributed by atoms with Gasteiger partial charge in [0, 0.05) is 75.7 Å². The standard InChI is InChI=1S/C41H51F2N11O5/c1-24(2)54-23-41(42,43)39(58)50(3)33-20-44-40(48-36(33)54)46-31-10-5-25(19-34(31)59-4)37(56)49-53-21-29-28(30(29)22-53)13-14-51-15-17-52(18-16-51)27-8-6-26(7-9-27)45-32-11-12-35(55)47-38(32)57/h5-10,19-20,24,28-30,32,45H,11-18,21-23H2,1-4H3,(H,49,56)(H,44,46,48)(H,47,55,57)/t28?,29-,30+,32?. The van der Waals surface area contributed by atoms with Crippen LogP contribution in [0.4, 0.5) is 43.3 Å². The highest BCUT2D eigenvalue weighted by molar-refractivity contribution is 6.02. The van der Waals surface area contributed by atoms with Gasteiger partial charge in [-0.05, 0) is 93.5 Å². The van der Waals surface area contributed by atoms with Crippen molar-refractivity contribution < 1.29 is 32.7 Å². The molecule has 18 heteroatoms. The molecule has 3 saturated heterocycles.